The first-order valence-electron chi connectivity index (χ1n) is 8.17. The lowest BCUT2D eigenvalue weighted by Crippen LogP contribution is -2.16. The number of benzene rings is 1. The second kappa shape index (κ2) is 8.03. The van der Waals surface area contributed by atoms with E-state index in [4.69, 9.17) is 0 Å². The molecule has 128 valence electrons. The quantitative estimate of drug-likeness (QED) is 0.742. The summed E-state index contributed by atoms with van der Waals surface area (Å²) in [6.07, 6.45) is 3.04. The summed E-state index contributed by atoms with van der Waals surface area (Å²) in [6, 6.07) is 11.7. The number of amides is 1. The maximum absolute atomic E-state index is 12.2. The molecule has 0 saturated carbocycles. The number of nitrogens with one attached hydrogen (secondary N) is 1. The van der Waals surface area contributed by atoms with E-state index in [-0.39, 0.29) is 11.7 Å². The molecule has 25 heavy (non-hydrogen) atoms. The smallest absolute Gasteiger partial charge is 0.234 e. The van der Waals surface area contributed by atoms with Crippen molar-refractivity contribution in [3.63, 3.8) is 0 Å². The molecule has 1 atom stereocenters. The SMILES string of the molecule is C[C@@H]1CCc2nc(SCC(=O)Nc3ccccc3Br)c(C#N)cc2C1. The monoisotopic (exact) mass is 415 g/mol. The lowest BCUT2D eigenvalue weighted by atomic mass is 9.87. The molecule has 1 heterocycles. The Morgan fingerprint density at radius 2 is 2.28 bits per heavy atom. The predicted molar refractivity (Wildman–Crippen MR) is 104 cm³/mol. The fourth-order valence-electron chi connectivity index (χ4n) is 2.90. The highest BCUT2D eigenvalue weighted by molar-refractivity contribution is 9.10. The van der Waals surface area contributed by atoms with Crippen molar-refractivity contribution >= 4 is 39.3 Å². The lowest BCUT2D eigenvalue weighted by molar-refractivity contribution is -0.113. The van der Waals surface area contributed by atoms with Crippen LogP contribution < -0.4 is 5.32 Å². The van der Waals surface area contributed by atoms with Gasteiger partial charge in [-0.15, -0.1) is 0 Å². The fraction of sp³-hybridized carbons (Fsp3) is 0.316. The Labute approximate surface area is 160 Å². The van der Waals surface area contributed by atoms with Crippen molar-refractivity contribution in [2.24, 2.45) is 5.92 Å². The van der Waals surface area contributed by atoms with E-state index in [9.17, 15) is 10.1 Å². The zero-order valence-corrected chi connectivity index (χ0v) is 16.3. The van der Waals surface area contributed by atoms with E-state index in [1.54, 1.807) is 0 Å². The van der Waals surface area contributed by atoms with Gasteiger partial charge in [0.15, 0.2) is 0 Å². The second-order valence-corrected chi connectivity index (χ2v) is 8.04. The highest BCUT2D eigenvalue weighted by atomic mass is 79.9. The van der Waals surface area contributed by atoms with Crippen LogP contribution in [0.3, 0.4) is 0 Å². The van der Waals surface area contributed by atoms with Crippen molar-refractivity contribution in [1.82, 2.24) is 4.98 Å². The summed E-state index contributed by atoms with van der Waals surface area (Å²) in [6.45, 7) is 2.23. The number of pyridine rings is 1. The van der Waals surface area contributed by atoms with E-state index < -0.39 is 0 Å². The maximum Gasteiger partial charge on any atom is 0.234 e. The number of carbonyl (C=O) groups is 1. The van der Waals surface area contributed by atoms with E-state index in [2.05, 4.69) is 39.2 Å². The Balaban J connectivity index is 1.70. The van der Waals surface area contributed by atoms with Crippen molar-refractivity contribution in [3.05, 3.63) is 51.6 Å². The van der Waals surface area contributed by atoms with Crippen molar-refractivity contribution in [2.75, 3.05) is 11.1 Å². The van der Waals surface area contributed by atoms with Crippen LogP contribution in [0.4, 0.5) is 5.69 Å². The average molecular weight is 416 g/mol. The van der Waals surface area contributed by atoms with Gasteiger partial charge in [0.1, 0.15) is 11.1 Å². The molecule has 0 unspecified atom stereocenters. The molecule has 1 aromatic carbocycles. The molecule has 1 aliphatic carbocycles. The van der Waals surface area contributed by atoms with E-state index >= 15 is 0 Å². The van der Waals surface area contributed by atoms with Crippen molar-refractivity contribution in [2.45, 2.75) is 31.2 Å². The van der Waals surface area contributed by atoms with Gasteiger partial charge in [0.05, 0.1) is 17.0 Å². The lowest BCUT2D eigenvalue weighted by Gasteiger charge is -2.21. The number of fused-ring (bicyclic) bond motifs is 1. The molecule has 0 saturated heterocycles. The third-order valence-electron chi connectivity index (χ3n) is 4.21. The summed E-state index contributed by atoms with van der Waals surface area (Å²) in [5.74, 6) is 0.737. The zero-order valence-electron chi connectivity index (χ0n) is 13.9. The Morgan fingerprint density at radius 3 is 3.04 bits per heavy atom. The molecule has 0 bridgehead atoms. The minimum atomic E-state index is -0.117. The van der Waals surface area contributed by atoms with Crippen LogP contribution in [0.5, 0.6) is 0 Å². The number of hydrogen-bond acceptors (Lipinski definition) is 4. The molecule has 2 aromatic rings. The number of aryl methyl sites for hydroxylation is 1. The largest absolute Gasteiger partial charge is 0.324 e. The molecular weight excluding hydrogens is 398 g/mol. The molecule has 0 aliphatic heterocycles. The molecule has 1 amide bonds. The summed E-state index contributed by atoms with van der Waals surface area (Å²) < 4.78 is 0.840. The summed E-state index contributed by atoms with van der Waals surface area (Å²) in [5, 5.41) is 12.9. The van der Waals surface area contributed by atoms with E-state index in [0.29, 0.717) is 16.5 Å². The molecule has 6 heteroatoms. The number of hydrogen-bond donors (Lipinski definition) is 1. The van der Waals surface area contributed by atoms with Gasteiger partial charge in [-0.2, -0.15) is 5.26 Å². The van der Waals surface area contributed by atoms with Crippen LogP contribution in [0.1, 0.15) is 30.2 Å². The van der Waals surface area contributed by atoms with Crippen LogP contribution in [-0.2, 0) is 17.6 Å². The number of rotatable bonds is 4. The average Bonchev–Trinajstić information content (AvgIpc) is 2.61. The first kappa shape index (κ1) is 18.0. The number of nitrogens with zero attached hydrogens (tertiary/aromatic N) is 2. The fourth-order valence-corrected chi connectivity index (χ4v) is 4.06. The summed E-state index contributed by atoms with van der Waals surface area (Å²) in [4.78, 5) is 16.9. The number of carbonyl (C=O) groups excluding carboxylic acids is 1. The Bertz CT molecular complexity index is 847. The molecule has 0 fully saturated rings. The van der Waals surface area contributed by atoms with Gasteiger partial charge in [0.25, 0.3) is 0 Å². The molecule has 1 aromatic heterocycles. The van der Waals surface area contributed by atoms with Crippen molar-refractivity contribution < 1.29 is 4.79 Å². The van der Waals surface area contributed by atoms with E-state index in [1.807, 2.05) is 30.3 Å². The summed E-state index contributed by atoms with van der Waals surface area (Å²) >= 11 is 4.73. The van der Waals surface area contributed by atoms with Gasteiger partial charge in [-0.1, -0.05) is 30.8 Å². The molecule has 0 radical (unpaired) electrons. The summed E-state index contributed by atoms with van der Waals surface area (Å²) in [5.41, 5.74) is 3.55. The maximum atomic E-state index is 12.2. The minimum Gasteiger partial charge on any atom is -0.324 e. The molecular formula is C19H18BrN3OS. The molecule has 1 aliphatic rings. The number of para-hydroxylation sites is 1. The van der Waals surface area contributed by atoms with Gasteiger partial charge in [0, 0.05) is 10.2 Å². The van der Waals surface area contributed by atoms with Gasteiger partial charge in [-0.3, -0.25) is 4.79 Å². The van der Waals surface area contributed by atoms with Crippen LogP contribution in [0, 0.1) is 17.2 Å². The van der Waals surface area contributed by atoms with Crippen LogP contribution in [-0.4, -0.2) is 16.6 Å². The van der Waals surface area contributed by atoms with Crippen LogP contribution in [0.2, 0.25) is 0 Å². The van der Waals surface area contributed by atoms with Gasteiger partial charge >= 0.3 is 0 Å². The van der Waals surface area contributed by atoms with Crippen molar-refractivity contribution in [3.8, 4) is 6.07 Å². The number of aromatic nitrogens is 1. The number of nitriles is 1. The predicted octanol–water partition coefficient (Wildman–Crippen LogP) is 4.57. The molecule has 0 spiro atoms. The zero-order chi connectivity index (χ0) is 17.8. The van der Waals surface area contributed by atoms with Crippen LogP contribution in [0.25, 0.3) is 0 Å². The van der Waals surface area contributed by atoms with E-state index in [1.165, 1.54) is 17.3 Å². The number of thioether (sulfide) groups is 1. The van der Waals surface area contributed by atoms with Gasteiger partial charge in [-0.05, 0) is 64.9 Å². The van der Waals surface area contributed by atoms with Gasteiger partial charge in [0.2, 0.25) is 5.91 Å². The first-order valence-corrected chi connectivity index (χ1v) is 9.94. The molecule has 4 nitrogen and oxygen atoms in total. The standard InChI is InChI=1S/C19H18BrN3OS/c1-12-6-7-16-13(8-12)9-14(10-21)19(23-16)25-11-18(24)22-17-5-3-2-4-15(17)20/h2-5,9,12H,6-8,11H2,1H3,(H,22,24)/t12-/m1/s1. The highest BCUT2D eigenvalue weighted by Gasteiger charge is 2.19. The Kier molecular flexibility index (Phi) is 5.77. The highest BCUT2D eigenvalue weighted by Crippen LogP contribution is 2.29. The minimum absolute atomic E-state index is 0.117. The Hall–Kier alpha value is -1.84. The van der Waals surface area contributed by atoms with Crippen LogP contribution >= 0.6 is 27.7 Å². The number of halogens is 1. The number of anilines is 1. The topological polar surface area (TPSA) is 65.8 Å². The first-order chi connectivity index (χ1) is 12.1. The van der Waals surface area contributed by atoms with Crippen LogP contribution in [0.15, 0.2) is 39.8 Å². The van der Waals surface area contributed by atoms with Crippen molar-refractivity contribution in [1.29, 1.82) is 5.26 Å². The van der Waals surface area contributed by atoms with Gasteiger partial charge in [-0.25, -0.2) is 4.98 Å². The molecule has 3 rings (SSSR count). The van der Waals surface area contributed by atoms with E-state index in [0.717, 1.165) is 35.1 Å². The summed E-state index contributed by atoms with van der Waals surface area (Å²) in [7, 11) is 0. The second-order valence-electron chi connectivity index (χ2n) is 6.22. The normalized spacial score (nSPS) is 16.0. The third-order valence-corrected chi connectivity index (χ3v) is 5.89. The third kappa shape index (κ3) is 4.42. The van der Waals surface area contributed by atoms with Gasteiger partial charge < -0.3 is 5.32 Å². The molecule has 1 N–H and O–H groups in total. The Morgan fingerprint density at radius 1 is 1.48 bits per heavy atom.